The first-order chi connectivity index (χ1) is 10.1. The molecule has 5 nitrogen and oxygen atoms in total. The lowest BCUT2D eigenvalue weighted by molar-refractivity contribution is -0.130. The van der Waals surface area contributed by atoms with Crippen molar-refractivity contribution in [3.05, 3.63) is 35.2 Å². The molecule has 1 amide bonds. The summed E-state index contributed by atoms with van der Waals surface area (Å²) in [5.74, 6) is 1.33. The van der Waals surface area contributed by atoms with Crippen molar-refractivity contribution in [3.8, 4) is 11.4 Å². The van der Waals surface area contributed by atoms with Crippen molar-refractivity contribution < 1.29 is 9.32 Å². The van der Waals surface area contributed by atoms with Gasteiger partial charge in [0, 0.05) is 30.6 Å². The minimum Gasteiger partial charge on any atom is -0.342 e. The second-order valence-corrected chi connectivity index (χ2v) is 5.71. The van der Waals surface area contributed by atoms with E-state index in [9.17, 15) is 4.79 Å². The zero-order valence-corrected chi connectivity index (χ0v) is 12.5. The minimum absolute atomic E-state index is 0.0919. The van der Waals surface area contributed by atoms with Crippen LogP contribution >= 0.6 is 11.6 Å². The third kappa shape index (κ3) is 3.08. The number of carbonyl (C=O) groups excluding carboxylic acids is 1. The fourth-order valence-electron chi connectivity index (χ4n) is 2.61. The Labute approximate surface area is 127 Å². The fourth-order valence-corrected chi connectivity index (χ4v) is 2.80. The Morgan fingerprint density at radius 1 is 1.48 bits per heavy atom. The average molecular weight is 306 g/mol. The Morgan fingerprint density at radius 2 is 2.33 bits per heavy atom. The zero-order valence-electron chi connectivity index (χ0n) is 11.8. The van der Waals surface area contributed by atoms with E-state index < -0.39 is 0 Å². The van der Waals surface area contributed by atoms with E-state index in [2.05, 4.69) is 10.1 Å². The van der Waals surface area contributed by atoms with Gasteiger partial charge in [-0.15, -0.1) is 0 Å². The quantitative estimate of drug-likeness (QED) is 0.855. The van der Waals surface area contributed by atoms with Crippen LogP contribution in [0, 0.1) is 0 Å². The van der Waals surface area contributed by atoms with Crippen LogP contribution in [0.15, 0.2) is 28.8 Å². The highest BCUT2D eigenvalue weighted by Crippen LogP contribution is 2.28. The van der Waals surface area contributed by atoms with Crippen LogP contribution in [0.2, 0.25) is 5.02 Å². The van der Waals surface area contributed by atoms with Gasteiger partial charge in [-0.25, -0.2) is 0 Å². The molecule has 1 aliphatic heterocycles. The average Bonchev–Trinajstić information content (AvgIpc) is 2.97. The monoisotopic (exact) mass is 305 g/mol. The Kier molecular flexibility index (Phi) is 3.92. The van der Waals surface area contributed by atoms with Crippen molar-refractivity contribution in [3.63, 3.8) is 0 Å². The summed E-state index contributed by atoms with van der Waals surface area (Å²) < 4.78 is 5.38. The van der Waals surface area contributed by atoms with E-state index in [0.29, 0.717) is 23.3 Å². The van der Waals surface area contributed by atoms with Crippen LogP contribution in [0.5, 0.6) is 0 Å². The van der Waals surface area contributed by atoms with E-state index in [1.54, 1.807) is 19.1 Å². The molecule has 1 saturated heterocycles. The van der Waals surface area contributed by atoms with Gasteiger partial charge >= 0.3 is 0 Å². The lowest BCUT2D eigenvalue weighted by atomic mass is 9.98. The third-order valence-corrected chi connectivity index (χ3v) is 3.98. The number of carbonyl (C=O) groups is 1. The molecule has 1 atom stereocenters. The van der Waals surface area contributed by atoms with Crippen LogP contribution < -0.4 is 0 Å². The van der Waals surface area contributed by atoms with Crippen LogP contribution in [-0.2, 0) is 4.79 Å². The van der Waals surface area contributed by atoms with Crippen LogP contribution in [0.25, 0.3) is 11.4 Å². The number of piperidine rings is 1. The Hall–Kier alpha value is -1.88. The summed E-state index contributed by atoms with van der Waals surface area (Å²) in [6.45, 7) is 3.04. The molecule has 0 N–H and O–H groups in total. The van der Waals surface area contributed by atoms with Crippen molar-refractivity contribution in [2.75, 3.05) is 13.1 Å². The summed E-state index contributed by atoms with van der Waals surface area (Å²) in [5.41, 5.74) is 0.830. The summed E-state index contributed by atoms with van der Waals surface area (Å²) in [5, 5.41) is 4.66. The number of rotatable bonds is 2. The number of hydrogen-bond acceptors (Lipinski definition) is 4. The van der Waals surface area contributed by atoms with Gasteiger partial charge in [-0.05, 0) is 25.0 Å². The van der Waals surface area contributed by atoms with Crippen LogP contribution in [0.3, 0.4) is 0 Å². The largest absolute Gasteiger partial charge is 0.342 e. The van der Waals surface area contributed by atoms with Crippen molar-refractivity contribution in [1.82, 2.24) is 15.0 Å². The molecule has 110 valence electrons. The third-order valence-electron chi connectivity index (χ3n) is 3.74. The van der Waals surface area contributed by atoms with Gasteiger partial charge in [-0.2, -0.15) is 4.98 Å². The van der Waals surface area contributed by atoms with Gasteiger partial charge in [0.1, 0.15) is 0 Å². The second kappa shape index (κ2) is 5.85. The normalized spacial score (nSPS) is 18.8. The lowest BCUT2D eigenvalue weighted by Crippen LogP contribution is -2.37. The number of nitrogens with zero attached hydrogens (tertiary/aromatic N) is 3. The van der Waals surface area contributed by atoms with Gasteiger partial charge in [0.25, 0.3) is 0 Å². The molecule has 1 aromatic heterocycles. The van der Waals surface area contributed by atoms with E-state index >= 15 is 0 Å². The summed E-state index contributed by atoms with van der Waals surface area (Å²) in [6, 6.07) is 7.35. The molecule has 1 aromatic carbocycles. The van der Waals surface area contributed by atoms with E-state index in [1.165, 1.54) is 0 Å². The van der Waals surface area contributed by atoms with Crippen molar-refractivity contribution >= 4 is 17.5 Å². The van der Waals surface area contributed by atoms with Gasteiger partial charge in [0.15, 0.2) is 0 Å². The Bertz CT molecular complexity index is 656. The Morgan fingerprint density at radius 3 is 3.10 bits per heavy atom. The summed E-state index contributed by atoms with van der Waals surface area (Å²) in [4.78, 5) is 17.8. The number of likely N-dealkylation sites (tertiary alicyclic amines) is 1. The molecule has 21 heavy (non-hydrogen) atoms. The van der Waals surface area contributed by atoms with E-state index in [4.69, 9.17) is 16.1 Å². The summed E-state index contributed by atoms with van der Waals surface area (Å²) in [7, 11) is 0. The maximum Gasteiger partial charge on any atom is 0.231 e. The predicted molar refractivity (Wildman–Crippen MR) is 79.0 cm³/mol. The van der Waals surface area contributed by atoms with E-state index in [1.807, 2.05) is 17.0 Å². The first kappa shape index (κ1) is 14.1. The molecule has 0 saturated carbocycles. The standard InChI is InChI=1S/C15H16ClN3O2/c1-10(20)19-7-3-5-12(9-19)15-17-14(18-21-15)11-4-2-6-13(16)8-11/h2,4,6,8,12H,3,5,7,9H2,1H3. The summed E-state index contributed by atoms with van der Waals surface area (Å²) in [6.07, 6.45) is 1.92. The van der Waals surface area contributed by atoms with Crippen LogP contribution in [0.4, 0.5) is 0 Å². The second-order valence-electron chi connectivity index (χ2n) is 5.27. The van der Waals surface area contributed by atoms with E-state index in [-0.39, 0.29) is 11.8 Å². The zero-order chi connectivity index (χ0) is 14.8. The number of hydrogen-bond donors (Lipinski definition) is 0. The number of halogens is 1. The Balaban J connectivity index is 1.80. The van der Waals surface area contributed by atoms with Gasteiger partial charge < -0.3 is 9.42 Å². The maximum absolute atomic E-state index is 11.5. The maximum atomic E-state index is 11.5. The predicted octanol–water partition coefficient (Wildman–Crippen LogP) is 3.12. The number of benzene rings is 1. The topological polar surface area (TPSA) is 59.2 Å². The summed E-state index contributed by atoms with van der Waals surface area (Å²) >= 11 is 5.97. The molecular weight excluding hydrogens is 290 g/mol. The van der Waals surface area contributed by atoms with Crippen molar-refractivity contribution in [2.45, 2.75) is 25.7 Å². The van der Waals surface area contributed by atoms with Gasteiger partial charge in [0.05, 0.1) is 5.92 Å². The van der Waals surface area contributed by atoms with Crippen molar-refractivity contribution in [1.29, 1.82) is 0 Å². The van der Waals surface area contributed by atoms with Crippen LogP contribution in [-0.4, -0.2) is 34.0 Å². The minimum atomic E-state index is 0.0919. The highest BCUT2D eigenvalue weighted by molar-refractivity contribution is 6.30. The first-order valence-corrected chi connectivity index (χ1v) is 7.36. The number of amides is 1. The first-order valence-electron chi connectivity index (χ1n) is 6.98. The molecule has 1 aliphatic rings. The molecule has 0 aliphatic carbocycles. The molecule has 2 aromatic rings. The SMILES string of the molecule is CC(=O)N1CCCC(c2nc(-c3cccc(Cl)c3)no2)C1. The van der Waals surface area contributed by atoms with Crippen LogP contribution in [0.1, 0.15) is 31.6 Å². The van der Waals surface area contributed by atoms with E-state index in [0.717, 1.165) is 24.9 Å². The lowest BCUT2D eigenvalue weighted by Gasteiger charge is -2.29. The van der Waals surface area contributed by atoms with Gasteiger partial charge in [-0.1, -0.05) is 28.9 Å². The highest BCUT2D eigenvalue weighted by atomic mass is 35.5. The molecule has 1 unspecified atom stereocenters. The number of aromatic nitrogens is 2. The molecule has 0 spiro atoms. The fraction of sp³-hybridized carbons (Fsp3) is 0.400. The molecule has 1 fully saturated rings. The molecule has 0 bridgehead atoms. The molecule has 6 heteroatoms. The smallest absolute Gasteiger partial charge is 0.231 e. The molecule has 0 radical (unpaired) electrons. The highest BCUT2D eigenvalue weighted by Gasteiger charge is 2.27. The van der Waals surface area contributed by atoms with Gasteiger partial charge in [-0.3, -0.25) is 4.79 Å². The van der Waals surface area contributed by atoms with Gasteiger partial charge in [0.2, 0.25) is 17.6 Å². The molecular formula is C15H16ClN3O2. The molecule has 2 heterocycles. The van der Waals surface area contributed by atoms with Crippen molar-refractivity contribution in [2.24, 2.45) is 0 Å². The molecule has 3 rings (SSSR count).